The minimum atomic E-state index is 0.266. The second kappa shape index (κ2) is 3.72. The zero-order valence-corrected chi connectivity index (χ0v) is 7.26. The van der Waals surface area contributed by atoms with Crippen molar-refractivity contribution in [1.29, 1.82) is 0 Å². The van der Waals surface area contributed by atoms with Crippen LogP contribution in [0.15, 0.2) is 0 Å². The molecule has 1 heterocycles. The van der Waals surface area contributed by atoms with Crippen LogP contribution in [0.4, 0.5) is 0 Å². The van der Waals surface area contributed by atoms with E-state index in [4.69, 9.17) is 0 Å². The molecule has 0 saturated carbocycles. The fourth-order valence-corrected chi connectivity index (χ4v) is 1.40. The molecule has 0 aromatic carbocycles. The van der Waals surface area contributed by atoms with Gasteiger partial charge in [0.25, 0.3) is 0 Å². The molecular formula is C8H16N2O. The number of carbonyl (C=O) groups is 1. The second-order valence-electron chi connectivity index (χ2n) is 3.02. The summed E-state index contributed by atoms with van der Waals surface area (Å²) in [6, 6.07) is 0.394. The minimum absolute atomic E-state index is 0.266. The first-order valence-electron chi connectivity index (χ1n) is 4.22. The molecule has 1 saturated heterocycles. The van der Waals surface area contributed by atoms with E-state index in [-0.39, 0.29) is 5.91 Å². The van der Waals surface area contributed by atoms with Gasteiger partial charge in [0.15, 0.2) is 0 Å². The first-order valence-corrected chi connectivity index (χ1v) is 4.22. The van der Waals surface area contributed by atoms with Crippen molar-refractivity contribution in [3.8, 4) is 0 Å². The second-order valence-corrected chi connectivity index (χ2v) is 3.02. The van der Waals surface area contributed by atoms with Gasteiger partial charge in [0, 0.05) is 32.6 Å². The van der Waals surface area contributed by atoms with E-state index in [1.54, 1.807) is 0 Å². The summed E-state index contributed by atoms with van der Waals surface area (Å²) in [7, 11) is 1.89. The first kappa shape index (κ1) is 8.53. The topological polar surface area (TPSA) is 32.3 Å². The highest BCUT2D eigenvalue weighted by atomic mass is 16.2. The van der Waals surface area contributed by atoms with E-state index in [0.29, 0.717) is 12.5 Å². The van der Waals surface area contributed by atoms with Crippen molar-refractivity contribution in [3.63, 3.8) is 0 Å². The molecule has 0 aromatic rings. The van der Waals surface area contributed by atoms with Crippen molar-refractivity contribution in [3.05, 3.63) is 0 Å². The van der Waals surface area contributed by atoms with Gasteiger partial charge in [-0.25, -0.2) is 0 Å². The Hall–Kier alpha value is -0.570. The smallest absolute Gasteiger partial charge is 0.223 e. The average molecular weight is 156 g/mol. The lowest BCUT2D eigenvalue weighted by Crippen LogP contribution is -2.38. The maximum Gasteiger partial charge on any atom is 0.223 e. The molecule has 1 aliphatic rings. The summed E-state index contributed by atoms with van der Waals surface area (Å²) in [6.45, 7) is 3.89. The van der Waals surface area contributed by atoms with Crippen molar-refractivity contribution in [2.24, 2.45) is 0 Å². The molecule has 0 spiro atoms. The van der Waals surface area contributed by atoms with Gasteiger partial charge in [0.2, 0.25) is 5.91 Å². The number of hydrogen-bond donors (Lipinski definition) is 1. The van der Waals surface area contributed by atoms with E-state index in [1.165, 1.54) is 0 Å². The first-order chi connectivity index (χ1) is 5.25. The molecule has 1 fully saturated rings. The lowest BCUT2D eigenvalue weighted by atomic mass is 10.2. The van der Waals surface area contributed by atoms with Crippen LogP contribution in [0.2, 0.25) is 0 Å². The Bertz CT molecular complexity index is 147. The van der Waals surface area contributed by atoms with Crippen LogP contribution in [-0.4, -0.2) is 37.0 Å². The van der Waals surface area contributed by atoms with Crippen molar-refractivity contribution >= 4 is 5.91 Å². The Labute approximate surface area is 67.8 Å². The molecule has 3 heteroatoms. The molecule has 1 atom stereocenters. The van der Waals surface area contributed by atoms with Crippen molar-refractivity contribution < 1.29 is 4.79 Å². The van der Waals surface area contributed by atoms with Gasteiger partial charge in [-0.05, 0) is 6.42 Å². The molecule has 1 aliphatic heterocycles. The van der Waals surface area contributed by atoms with Crippen LogP contribution in [0.1, 0.15) is 19.8 Å². The molecule has 0 radical (unpaired) electrons. The molecule has 1 unspecified atom stereocenters. The van der Waals surface area contributed by atoms with Crippen LogP contribution >= 0.6 is 0 Å². The quantitative estimate of drug-likeness (QED) is 0.589. The zero-order valence-electron chi connectivity index (χ0n) is 7.26. The predicted octanol–water partition coefficient (Wildman–Crippen LogP) is 0.217. The number of hydrogen-bond acceptors (Lipinski definition) is 2. The number of nitrogens with zero attached hydrogens (tertiary/aromatic N) is 1. The van der Waals surface area contributed by atoms with Crippen LogP contribution in [0, 0.1) is 0 Å². The highest BCUT2D eigenvalue weighted by Crippen LogP contribution is 2.05. The number of carbonyl (C=O) groups excluding carboxylic acids is 1. The summed E-state index contributed by atoms with van der Waals surface area (Å²) < 4.78 is 0. The maximum atomic E-state index is 11.3. The van der Waals surface area contributed by atoms with Crippen LogP contribution in [-0.2, 0) is 4.79 Å². The Morgan fingerprint density at radius 3 is 3.09 bits per heavy atom. The van der Waals surface area contributed by atoms with E-state index < -0.39 is 0 Å². The van der Waals surface area contributed by atoms with Gasteiger partial charge in [-0.1, -0.05) is 6.92 Å². The molecule has 0 aromatic heterocycles. The third-order valence-corrected chi connectivity index (χ3v) is 2.31. The van der Waals surface area contributed by atoms with E-state index >= 15 is 0 Å². The minimum Gasteiger partial charge on any atom is -0.341 e. The highest BCUT2D eigenvalue weighted by molar-refractivity contribution is 5.76. The fraction of sp³-hybridized carbons (Fsp3) is 0.875. The standard InChI is InChI=1S/C8H16N2O/c1-3-7-6-9-5-4-8(11)10(7)2/h7,9H,3-6H2,1-2H3. The van der Waals surface area contributed by atoms with Gasteiger partial charge in [-0.3, -0.25) is 4.79 Å². The van der Waals surface area contributed by atoms with Gasteiger partial charge < -0.3 is 10.2 Å². The van der Waals surface area contributed by atoms with Gasteiger partial charge in [-0.2, -0.15) is 0 Å². The molecule has 1 rings (SSSR count). The Morgan fingerprint density at radius 1 is 1.73 bits per heavy atom. The van der Waals surface area contributed by atoms with Gasteiger partial charge in [0.1, 0.15) is 0 Å². The van der Waals surface area contributed by atoms with Gasteiger partial charge in [0.05, 0.1) is 0 Å². The maximum absolute atomic E-state index is 11.3. The highest BCUT2D eigenvalue weighted by Gasteiger charge is 2.20. The number of nitrogens with one attached hydrogen (secondary N) is 1. The van der Waals surface area contributed by atoms with Crippen molar-refractivity contribution in [1.82, 2.24) is 10.2 Å². The Balaban J connectivity index is 2.56. The lowest BCUT2D eigenvalue weighted by molar-refractivity contribution is -0.130. The summed E-state index contributed by atoms with van der Waals surface area (Å²) in [5.74, 6) is 0.266. The van der Waals surface area contributed by atoms with Gasteiger partial charge >= 0.3 is 0 Å². The number of amides is 1. The molecule has 0 bridgehead atoms. The summed E-state index contributed by atoms with van der Waals surface area (Å²) in [6.07, 6.45) is 1.68. The van der Waals surface area contributed by atoms with Gasteiger partial charge in [-0.15, -0.1) is 0 Å². The number of likely N-dealkylation sites (N-methyl/N-ethyl adjacent to an activating group) is 1. The molecule has 3 nitrogen and oxygen atoms in total. The lowest BCUT2D eigenvalue weighted by Gasteiger charge is -2.24. The van der Waals surface area contributed by atoms with Crippen LogP contribution < -0.4 is 5.32 Å². The Morgan fingerprint density at radius 2 is 2.45 bits per heavy atom. The normalized spacial score (nSPS) is 26.9. The van der Waals surface area contributed by atoms with Crippen LogP contribution in [0.25, 0.3) is 0 Å². The third kappa shape index (κ3) is 1.93. The average Bonchev–Trinajstić information content (AvgIpc) is 2.16. The van der Waals surface area contributed by atoms with E-state index in [0.717, 1.165) is 19.5 Å². The molecule has 0 aliphatic carbocycles. The van der Waals surface area contributed by atoms with Crippen molar-refractivity contribution in [2.45, 2.75) is 25.8 Å². The van der Waals surface area contributed by atoms with Crippen LogP contribution in [0.3, 0.4) is 0 Å². The predicted molar refractivity (Wildman–Crippen MR) is 44.3 cm³/mol. The summed E-state index contributed by atoms with van der Waals surface area (Å²) in [5.41, 5.74) is 0. The van der Waals surface area contributed by atoms with E-state index in [1.807, 2.05) is 11.9 Å². The Kier molecular flexibility index (Phi) is 2.88. The molecule has 1 N–H and O–H groups in total. The van der Waals surface area contributed by atoms with E-state index in [2.05, 4.69) is 12.2 Å². The van der Waals surface area contributed by atoms with Crippen LogP contribution in [0.5, 0.6) is 0 Å². The van der Waals surface area contributed by atoms with Crippen molar-refractivity contribution in [2.75, 3.05) is 20.1 Å². The molecule has 1 amide bonds. The summed E-state index contributed by atoms with van der Waals surface area (Å²) >= 11 is 0. The monoisotopic (exact) mass is 156 g/mol. The molecule has 11 heavy (non-hydrogen) atoms. The fourth-order valence-electron chi connectivity index (χ4n) is 1.40. The number of rotatable bonds is 1. The summed E-state index contributed by atoms with van der Waals surface area (Å²) in [5, 5.41) is 3.25. The third-order valence-electron chi connectivity index (χ3n) is 2.31. The molecule has 64 valence electrons. The van der Waals surface area contributed by atoms with E-state index in [9.17, 15) is 4.79 Å². The summed E-state index contributed by atoms with van der Waals surface area (Å²) in [4.78, 5) is 13.1. The molecular weight excluding hydrogens is 140 g/mol. The SMILES string of the molecule is CCC1CNCCC(=O)N1C. The largest absolute Gasteiger partial charge is 0.341 e. The zero-order chi connectivity index (χ0) is 8.27.